The highest BCUT2D eigenvalue weighted by Gasteiger charge is 2.42. The highest BCUT2D eigenvalue weighted by Crippen LogP contribution is 2.41. The van der Waals surface area contributed by atoms with Gasteiger partial charge >= 0.3 is 0 Å². The molecule has 0 amide bonds. The maximum Gasteiger partial charge on any atom is 0.0902 e. The summed E-state index contributed by atoms with van der Waals surface area (Å²) in [7, 11) is 0. The van der Waals surface area contributed by atoms with Gasteiger partial charge in [0.2, 0.25) is 0 Å². The van der Waals surface area contributed by atoms with E-state index in [1.54, 1.807) is 6.20 Å². The van der Waals surface area contributed by atoms with Gasteiger partial charge in [-0.15, -0.1) is 0 Å². The smallest absolute Gasteiger partial charge is 0.0902 e. The van der Waals surface area contributed by atoms with E-state index in [1.165, 1.54) is 0 Å². The molecule has 19 heavy (non-hydrogen) atoms. The third-order valence-electron chi connectivity index (χ3n) is 4.08. The molecule has 1 aliphatic heterocycles. The zero-order chi connectivity index (χ0) is 13.3. The van der Waals surface area contributed by atoms with Crippen molar-refractivity contribution in [2.45, 2.75) is 12.5 Å². The fourth-order valence-electron chi connectivity index (χ4n) is 2.79. The predicted molar refractivity (Wildman–Crippen MR) is 73.6 cm³/mol. The number of aliphatic hydroxyl groups is 1. The van der Waals surface area contributed by atoms with Crippen LogP contribution in [0.2, 0.25) is 0 Å². The number of rotatable bonds is 3. The number of nitrogens with two attached hydrogens (primary N) is 1. The number of fused-ring (bicyclic) bond motifs is 1. The van der Waals surface area contributed by atoms with Gasteiger partial charge in [0.25, 0.3) is 0 Å². The van der Waals surface area contributed by atoms with Crippen molar-refractivity contribution < 1.29 is 9.84 Å². The number of pyridine rings is 1. The van der Waals surface area contributed by atoms with E-state index < -0.39 is 6.10 Å². The zero-order valence-electron chi connectivity index (χ0n) is 10.7. The largest absolute Gasteiger partial charge is 0.388 e. The summed E-state index contributed by atoms with van der Waals surface area (Å²) >= 11 is 0. The fraction of sp³-hybridized carbons (Fsp3) is 0.400. The van der Waals surface area contributed by atoms with Crippen LogP contribution in [0.5, 0.6) is 0 Å². The molecule has 100 valence electrons. The Morgan fingerprint density at radius 3 is 2.95 bits per heavy atom. The SMILES string of the molecule is NCC1(C(O)c2cccc3cccnc23)CCOC1. The number of hydrogen-bond acceptors (Lipinski definition) is 4. The monoisotopic (exact) mass is 258 g/mol. The molecule has 0 spiro atoms. The number of aromatic nitrogens is 1. The molecule has 1 saturated heterocycles. The lowest BCUT2D eigenvalue weighted by molar-refractivity contribution is 0.0199. The van der Waals surface area contributed by atoms with Crippen molar-refractivity contribution in [3.05, 3.63) is 42.1 Å². The maximum atomic E-state index is 10.8. The fourth-order valence-corrected chi connectivity index (χ4v) is 2.79. The minimum Gasteiger partial charge on any atom is -0.388 e. The summed E-state index contributed by atoms with van der Waals surface area (Å²) in [4.78, 5) is 4.40. The molecule has 3 N–H and O–H groups in total. The molecule has 0 bridgehead atoms. The Morgan fingerprint density at radius 1 is 1.37 bits per heavy atom. The normalized spacial score (nSPS) is 24.7. The molecule has 1 aromatic heterocycles. The third-order valence-corrected chi connectivity index (χ3v) is 4.08. The van der Waals surface area contributed by atoms with E-state index in [9.17, 15) is 5.11 Å². The Balaban J connectivity index is 2.08. The van der Waals surface area contributed by atoms with E-state index in [4.69, 9.17) is 10.5 Å². The van der Waals surface area contributed by atoms with Crippen molar-refractivity contribution in [1.82, 2.24) is 4.98 Å². The summed E-state index contributed by atoms with van der Waals surface area (Å²) in [6.07, 6.45) is 1.89. The van der Waals surface area contributed by atoms with Gasteiger partial charge < -0.3 is 15.6 Å². The minimum atomic E-state index is -0.640. The van der Waals surface area contributed by atoms with Gasteiger partial charge in [0.15, 0.2) is 0 Å². The van der Waals surface area contributed by atoms with Gasteiger partial charge in [0.1, 0.15) is 0 Å². The highest BCUT2D eigenvalue weighted by atomic mass is 16.5. The summed E-state index contributed by atoms with van der Waals surface area (Å²) in [6, 6.07) is 9.77. The summed E-state index contributed by atoms with van der Waals surface area (Å²) < 4.78 is 5.45. The van der Waals surface area contributed by atoms with Crippen LogP contribution in [0.25, 0.3) is 10.9 Å². The van der Waals surface area contributed by atoms with E-state index in [0.717, 1.165) is 22.9 Å². The number of benzene rings is 1. The van der Waals surface area contributed by atoms with Gasteiger partial charge in [-0.05, 0) is 12.5 Å². The molecule has 2 aromatic rings. The summed E-state index contributed by atoms with van der Waals surface area (Å²) in [5.41, 5.74) is 7.19. The predicted octanol–water partition coefficient (Wildman–Crippen LogP) is 1.63. The van der Waals surface area contributed by atoms with E-state index in [-0.39, 0.29) is 5.41 Å². The quantitative estimate of drug-likeness (QED) is 0.878. The molecule has 2 heterocycles. The number of hydrogen-bond donors (Lipinski definition) is 2. The van der Waals surface area contributed by atoms with Crippen molar-refractivity contribution in [2.75, 3.05) is 19.8 Å². The Morgan fingerprint density at radius 2 is 2.21 bits per heavy atom. The topological polar surface area (TPSA) is 68.4 Å². The van der Waals surface area contributed by atoms with Crippen LogP contribution in [0.1, 0.15) is 18.1 Å². The second kappa shape index (κ2) is 4.89. The molecule has 2 atom stereocenters. The van der Waals surface area contributed by atoms with Crippen LogP contribution >= 0.6 is 0 Å². The van der Waals surface area contributed by atoms with E-state index in [1.807, 2.05) is 30.3 Å². The molecule has 0 radical (unpaired) electrons. The highest BCUT2D eigenvalue weighted by molar-refractivity contribution is 5.81. The van der Waals surface area contributed by atoms with Gasteiger partial charge in [-0.2, -0.15) is 0 Å². The number of para-hydroxylation sites is 1. The molecular weight excluding hydrogens is 240 g/mol. The lowest BCUT2D eigenvalue weighted by atomic mass is 9.78. The van der Waals surface area contributed by atoms with Crippen molar-refractivity contribution in [1.29, 1.82) is 0 Å². The Hall–Kier alpha value is -1.49. The van der Waals surface area contributed by atoms with Crippen molar-refractivity contribution in [3.63, 3.8) is 0 Å². The molecular formula is C15H18N2O2. The first-order valence-electron chi connectivity index (χ1n) is 6.56. The molecule has 1 fully saturated rings. The molecule has 3 rings (SSSR count). The Kier molecular flexibility index (Phi) is 3.22. The number of nitrogens with zero attached hydrogens (tertiary/aromatic N) is 1. The lowest BCUT2D eigenvalue weighted by Gasteiger charge is -2.32. The van der Waals surface area contributed by atoms with Crippen LogP contribution in [0, 0.1) is 5.41 Å². The Labute approximate surface area is 112 Å². The first kappa shape index (κ1) is 12.5. The van der Waals surface area contributed by atoms with Crippen LogP contribution in [0.15, 0.2) is 36.5 Å². The van der Waals surface area contributed by atoms with Crippen molar-refractivity contribution in [3.8, 4) is 0 Å². The van der Waals surface area contributed by atoms with Gasteiger partial charge in [0.05, 0.1) is 18.2 Å². The maximum absolute atomic E-state index is 10.8. The molecule has 0 aliphatic carbocycles. The summed E-state index contributed by atoms with van der Waals surface area (Å²) in [6.45, 7) is 1.58. The van der Waals surface area contributed by atoms with Gasteiger partial charge in [-0.1, -0.05) is 24.3 Å². The van der Waals surface area contributed by atoms with E-state index in [0.29, 0.717) is 19.8 Å². The average molecular weight is 258 g/mol. The third kappa shape index (κ3) is 2.02. The number of ether oxygens (including phenoxy) is 1. The van der Waals surface area contributed by atoms with Crippen LogP contribution in [0.4, 0.5) is 0 Å². The minimum absolute atomic E-state index is 0.383. The summed E-state index contributed by atoms with van der Waals surface area (Å²) in [5, 5.41) is 11.8. The van der Waals surface area contributed by atoms with Crippen LogP contribution in [-0.2, 0) is 4.74 Å². The molecule has 4 heteroatoms. The van der Waals surface area contributed by atoms with Crippen LogP contribution in [-0.4, -0.2) is 29.8 Å². The van der Waals surface area contributed by atoms with Crippen molar-refractivity contribution in [2.24, 2.45) is 11.1 Å². The van der Waals surface area contributed by atoms with E-state index in [2.05, 4.69) is 4.98 Å². The standard InChI is InChI=1S/C15H18N2O2/c16-9-15(6-8-19-10-15)14(18)12-5-1-3-11-4-2-7-17-13(11)12/h1-5,7,14,18H,6,8-10,16H2. The zero-order valence-corrected chi connectivity index (χ0v) is 10.7. The van der Waals surface area contributed by atoms with E-state index >= 15 is 0 Å². The Bertz CT molecular complexity index is 574. The molecule has 1 aromatic carbocycles. The van der Waals surface area contributed by atoms with Gasteiger partial charge in [-0.3, -0.25) is 4.98 Å². The summed E-state index contributed by atoms with van der Waals surface area (Å²) in [5.74, 6) is 0. The molecule has 2 unspecified atom stereocenters. The van der Waals surface area contributed by atoms with Crippen LogP contribution < -0.4 is 5.73 Å². The second-order valence-corrected chi connectivity index (χ2v) is 5.19. The molecule has 4 nitrogen and oxygen atoms in total. The first-order valence-corrected chi connectivity index (χ1v) is 6.56. The second-order valence-electron chi connectivity index (χ2n) is 5.19. The molecule has 1 aliphatic rings. The van der Waals surface area contributed by atoms with Gasteiger partial charge in [0, 0.05) is 35.7 Å². The lowest BCUT2D eigenvalue weighted by Crippen LogP contribution is -2.37. The van der Waals surface area contributed by atoms with Gasteiger partial charge in [-0.25, -0.2) is 0 Å². The number of aliphatic hydroxyl groups excluding tert-OH is 1. The molecule has 0 saturated carbocycles. The van der Waals surface area contributed by atoms with Crippen LogP contribution in [0.3, 0.4) is 0 Å². The first-order chi connectivity index (χ1) is 9.27. The average Bonchev–Trinajstić information content (AvgIpc) is 2.96. The van der Waals surface area contributed by atoms with Crippen molar-refractivity contribution >= 4 is 10.9 Å².